The van der Waals surface area contributed by atoms with Gasteiger partial charge in [-0.3, -0.25) is 9.59 Å². The van der Waals surface area contributed by atoms with E-state index in [2.05, 4.69) is 10.3 Å². The van der Waals surface area contributed by atoms with Crippen molar-refractivity contribution in [3.63, 3.8) is 0 Å². The number of likely N-dealkylation sites (N-methyl/N-ethyl adjacent to an activating group) is 1. The number of carbonyl (C=O) groups is 2. The molecule has 7 heteroatoms. The third-order valence-electron chi connectivity index (χ3n) is 5.46. The molecule has 2 aromatic rings. The molecular weight excluding hydrogens is 330 g/mol. The van der Waals surface area contributed by atoms with E-state index in [0.29, 0.717) is 19.5 Å². The number of rotatable bonds is 3. The number of imidazole rings is 1. The van der Waals surface area contributed by atoms with Gasteiger partial charge in [0.2, 0.25) is 11.8 Å². The van der Waals surface area contributed by atoms with Crippen molar-refractivity contribution in [2.45, 2.75) is 17.9 Å². The summed E-state index contributed by atoms with van der Waals surface area (Å²) in [5.41, 5.74) is 0.995. The van der Waals surface area contributed by atoms with Crippen molar-refractivity contribution in [3.05, 3.63) is 48.0 Å². The van der Waals surface area contributed by atoms with Gasteiger partial charge in [-0.25, -0.2) is 4.98 Å². The summed E-state index contributed by atoms with van der Waals surface area (Å²) in [6.07, 6.45) is 4.16. The van der Waals surface area contributed by atoms with Crippen molar-refractivity contribution in [1.82, 2.24) is 19.4 Å². The van der Waals surface area contributed by atoms with Gasteiger partial charge in [-0.15, -0.1) is 0 Å². The lowest BCUT2D eigenvalue weighted by molar-refractivity contribution is -0.134. The molecule has 2 amide bonds. The molecule has 0 radical (unpaired) electrons. The maximum absolute atomic E-state index is 13.2. The Morgan fingerprint density at radius 2 is 2.15 bits per heavy atom. The van der Waals surface area contributed by atoms with Crippen molar-refractivity contribution in [3.8, 4) is 0 Å². The first-order valence-electron chi connectivity index (χ1n) is 8.77. The van der Waals surface area contributed by atoms with Crippen molar-refractivity contribution < 1.29 is 9.59 Å². The molecular formula is C19H23N5O2. The highest BCUT2D eigenvalue weighted by atomic mass is 16.2. The minimum Gasteiger partial charge on any atom is -0.336 e. The Balaban J connectivity index is 1.87. The fourth-order valence-corrected chi connectivity index (χ4v) is 4.32. The van der Waals surface area contributed by atoms with Gasteiger partial charge in [-0.1, -0.05) is 18.2 Å². The number of likely N-dealkylation sites (tertiary alicyclic amines) is 1. The van der Waals surface area contributed by atoms with Crippen molar-refractivity contribution in [2.75, 3.05) is 32.5 Å². The highest BCUT2D eigenvalue weighted by Crippen LogP contribution is 2.54. The number of nitrogens with zero attached hydrogens (tertiary/aromatic N) is 4. The largest absolute Gasteiger partial charge is 0.336 e. The van der Waals surface area contributed by atoms with E-state index < -0.39 is 11.5 Å². The van der Waals surface area contributed by atoms with Crippen LogP contribution in [0.2, 0.25) is 0 Å². The third kappa shape index (κ3) is 2.27. The monoisotopic (exact) mass is 353 g/mol. The predicted octanol–water partition coefficient (Wildman–Crippen LogP) is 1.15. The summed E-state index contributed by atoms with van der Waals surface area (Å²) in [7, 11) is 5.65. The molecule has 136 valence electrons. The molecule has 0 unspecified atom stereocenters. The molecule has 2 aliphatic rings. The Morgan fingerprint density at radius 3 is 2.85 bits per heavy atom. The zero-order chi connectivity index (χ0) is 18.5. The van der Waals surface area contributed by atoms with E-state index in [4.69, 9.17) is 0 Å². The van der Waals surface area contributed by atoms with E-state index >= 15 is 0 Å². The first-order chi connectivity index (χ1) is 12.4. The van der Waals surface area contributed by atoms with E-state index in [1.54, 1.807) is 6.20 Å². The predicted molar refractivity (Wildman–Crippen MR) is 97.6 cm³/mol. The molecule has 4 rings (SSSR count). The number of benzene rings is 1. The molecule has 1 aromatic carbocycles. The molecule has 7 nitrogen and oxygen atoms in total. The summed E-state index contributed by atoms with van der Waals surface area (Å²) in [5, 5.41) is 3.02. The van der Waals surface area contributed by atoms with Gasteiger partial charge in [-0.2, -0.15) is 0 Å². The number of para-hydroxylation sites is 1. The second-order valence-corrected chi connectivity index (χ2v) is 7.34. The molecule has 0 aliphatic carbocycles. The molecule has 26 heavy (non-hydrogen) atoms. The second-order valence-electron chi connectivity index (χ2n) is 7.34. The van der Waals surface area contributed by atoms with Gasteiger partial charge in [-0.05, 0) is 32.1 Å². The molecule has 1 aromatic heterocycles. The van der Waals surface area contributed by atoms with E-state index in [1.807, 2.05) is 66.0 Å². The highest BCUT2D eigenvalue weighted by Gasteiger charge is 2.60. The van der Waals surface area contributed by atoms with Crippen LogP contribution < -0.4 is 5.32 Å². The number of amides is 2. The van der Waals surface area contributed by atoms with E-state index in [9.17, 15) is 9.59 Å². The highest BCUT2D eigenvalue weighted by molar-refractivity contribution is 6.07. The Morgan fingerprint density at radius 1 is 1.38 bits per heavy atom. The Hall–Kier alpha value is -2.67. The first kappa shape index (κ1) is 16.8. The number of aryl methyl sites for hydroxylation is 1. The van der Waals surface area contributed by atoms with Crippen LogP contribution in [0.15, 0.2) is 36.7 Å². The van der Waals surface area contributed by atoms with E-state index in [-0.39, 0.29) is 11.8 Å². The van der Waals surface area contributed by atoms with Crippen LogP contribution in [0.5, 0.6) is 0 Å². The minimum absolute atomic E-state index is 0.0112. The molecule has 1 spiro atoms. The first-order valence-corrected chi connectivity index (χ1v) is 8.77. The summed E-state index contributed by atoms with van der Waals surface area (Å²) in [5.74, 6) is 0.699. The van der Waals surface area contributed by atoms with Crippen LogP contribution in [0.1, 0.15) is 23.9 Å². The fraction of sp³-hybridized carbons (Fsp3) is 0.421. The maximum atomic E-state index is 13.2. The zero-order valence-corrected chi connectivity index (χ0v) is 15.3. The molecule has 2 aliphatic heterocycles. The topological polar surface area (TPSA) is 70.5 Å². The van der Waals surface area contributed by atoms with Crippen LogP contribution in [-0.2, 0) is 22.1 Å². The number of anilines is 1. The minimum atomic E-state index is -0.794. The smallest absolute Gasteiger partial charge is 0.237 e. The van der Waals surface area contributed by atoms with Crippen molar-refractivity contribution in [2.24, 2.45) is 7.05 Å². The van der Waals surface area contributed by atoms with Gasteiger partial charge >= 0.3 is 0 Å². The van der Waals surface area contributed by atoms with Crippen LogP contribution >= 0.6 is 0 Å². The molecule has 1 N–H and O–H groups in total. The van der Waals surface area contributed by atoms with E-state index in [1.165, 1.54) is 0 Å². The SMILES string of the molecule is CN(C)CC(=O)N1CC[C@]2(C(=O)Nc3ccccc32)[C@@H]1c1nccn1C. The summed E-state index contributed by atoms with van der Waals surface area (Å²) >= 11 is 0. The standard InChI is InChI=1S/C19H23N5O2/c1-22(2)12-15(25)24-10-8-19(16(24)17-20-9-11-23(17)3)13-6-4-5-7-14(13)21-18(19)26/h4-7,9,11,16H,8,10,12H2,1-3H3,(H,21,26)/t16-,19+/m0/s1. The number of fused-ring (bicyclic) bond motifs is 2. The normalized spacial score (nSPS) is 24.4. The number of hydrogen-bond donors (Lipinski definition) is 1. The molecule has 2 atom stereocenters. The molecule has 3 heterocycles. The second kappa shape index (κ2) is 5.95. The number of carbonyl (C=O) groups excluding carboxylic acids is 2. The molecule has 0 saturated carbocycles. The summed E-state index contributed by atoms with van der Waals surface area (Å²) in [4.78, 5) is 34.3. The van der Waals surface area contributed by atoms with Crippen LogP contribution in [0, 0.1) is 0 Å². The van der Waals surface area contributed by atoms with Gasteiger partial charge in [0.1, 0.15) is 17.3 Å². The Bertz CT molecular complexity index is 874. The average Bonchev–Trinajstić information content (AvgIpc) is 3.25. The molecule has 1 saturated heterocycles. The van der Waals surface area contributed by atoms with Gasteiger partial charge in [0.15, 0.2) is 0 Å². The Labute approximate surface area is 152 Å². The average molecular weight is 353 g/mol. The summed E-state index contributed by atoms with van der Waals surface area (Å²) in [6.45, 7) is 0.840. The number of nitrogens with one attached hydrogen (secondary N) is 1. The van der Waals surface area contributed by atoms with Crippen molar-refractivity contribution in [1.29, 1.82) is 0 Å². The van der Waals surface area contributed by atoms with Crippen LogP contribution in [0.25, 0.3) is 0 Å². The Kier molecular flexibility index (Phi) is 3.84. The van der Waals surface area contributed by atoms with Crippen LogP contribution in [-0.4, -0.2) is 58.4 Å². The quantitative estimate of drug-likeness (QED) is 0.899. The zero-order valence-electron chi connectivity index (χ0n) is 15.3. The lowest BCUT2D eigenvalue weighted by Crippen LogP contribution is -2.45. The number of aromatic nitrogens is 2. The lowest BCUT2D eigenvalue weighted by Gasteiger charge is -2.34. The summed E-state index contributed by atoms with van der Waals surface area (Å²) < 4.78 is 1.90. The molecule has 1 fully saturated rings. The summed E-state index contributed by atoms with van der Waals surface area (Å²) in [6, 6.07) is 7.35. The van der Waals surface area contributed by atoms with Gasteiger partial charge < -0.3 is 19.7 Å². The van der Waals surface area contributed by atoms with E-state index in [0.717, 1.165) is 17.1 Å². The maximum Gasteiger partial charge on any atom is 0.237 e. The third-order valence-corrected chi connectivity index (χ3v) is 5.46. The van der Waals surface area contributed by atoms with Crippen LogP contribution in [0.4, 0.5) is 5.69 Å². The lowest BCUT2D eigenvalue weighted by atomic mass is 9.74. The van der Waals surface area contributed by atoms with Gasteiger partial charge in [0.25, 0.3) is 0 Å². The van der Waals surface area contributed by atoms with Gasteiger partial charge in [0.05, 0.1) is 6.54 Å². The van der Waals surface area contributed by atoms with Gasteiger partial charge in [0, 0.05) is 31.7 Å². The number of hydrogen-bond acceptors (Lipinski definition) is 4. The molecule has 0 bridgehead atoms. The fourth-order valence-electron chi connectivity index (χ4n) is 4.32. The van der Waals surface area contributed by atoms with Crippen LogP contribution in [0.3, 0.4) is 0 Å². The van der Waals surface area contributed by atoms with Crippen molar-refractivity contribution >= 4 is 17.5 Å².